The molecule has 21 heavy (non-hydrogen) atoms. The van der Waals surface area contributed by atoms with Crippen LogP contribution in [0.1, 0.15) is 26.7 Å². The summed E-state index contributed by atoms with van der Waals surface area (Å²) in [6.45, 7) is 9.69. The van der Waals surface area contributed by atoms with Gasteiger partial charge in [-0.15, -0.1) is 0 Å². The second-order valence-electron chi connectivity index (χ2n) is 4.43. The Morgan fingerprint density at radius 1 is 0.952 bits per heavy atom. The average molecular weight is 301 g/mol. The molecule has 0 bridgehead atoms. The first kappa shape index (κ1) is 21.2. The Labute approximate surface area is 124 Å². The van der Waals surface area contributed by atoms with Crippen LogP contribution in [0.2, 0.25) is 0 Å². The largest absolute Gasteiger partial charge is 0.550 e. The van der Waals surface area contributed by atoms with Gasteiger partial charge in [0.15, 0.2) is 0 Å². The second kappa shape index (κ2) is 10.6. The lowest BCUT2D eigenvalue weighted by Crippen LogP contribution is -2.33. The van der Waals surface area contributed by atoms with Crippen LogP contribution in [0.5, 0.6) is 0 Å². The molecule has 0 rings (SSSR count). The highest BCUT2D eigenvalue weighted by Crippen LogP contribution is 2.09. The number of carboxylic acid groups (broad SMARTS) is 1. The number of carbonyl (C=O) groups excluding carboxylic acids is 3. The summed E-state index contributed by atoms with van der Waals surface area (Å²) < 4.78 is 9.60. The van der Waals surface area contributed by atoms with Crippen molar-refractivity contribution in [2.24, 2.45) is 5.92 Å². The Kier molecular flexibility index (Phi) is 10.7. The number of hydrogen-bond acceptors (Lipinski definition) is 6. The molecule has 4 N–H and O–H groups in total. The molecule has 0 amide bonds. The highest BCUT2D eigenvalue weighted by atomic mass is 16.5. The lowest BCUT2D eigenvalue weighted by Gasteiger charge is -2.17. The Hall–Kier alpha value is -2.15. The van der Waals surface area contributed by atoms with E-state index in [0.29, 0.717) is 0 Å². The molecule has 0 aromatic carbocycles. The number of quaternary nitrogens is 1. The van der Waals surface area contributed by atoms with Crippen molar-refractivity contribution in [1.29, 1.82) is 0 Å². The van der Waals surface area contributed by atoms with Gasteiger partial charge in [-0.2, -0.15) is 0 Å². The molecule has 0 aromatic rings. The van der Waals surface area contributed by atoms with E-state index in [0.717, 1.165) is 0 Å². The number of carbonyl (C=O) groups is 3. The van der Waals surface area contributed by atoms with Crippen molar-refractivity contribution in [2.45, 2.75) is 26.7 Å². The summed E-state index contributed by atoms with van der Waals surface area (Å²) >= 11 is 0. The van der Waals surface area contributed by atoms with Gasteiger partial charge in [0.2, 0.25) is 0 Å². The lowest BCUT2D eigenvalue weighted by atomic mass is 10.0. The Balaban J connectivity index is 0. The quantitative estimate of drug-likeness (QED) is 0.494. The fourth-order valence-corrected chi connectivity index (χ4v) is 1.21. The van der Waals surface area contributed by atoms with Crippen LogP contribution in [0.3, 0.4) is 0 Å². The molecular formula is C14H23NO6. The van der Waals surface area contributed by atoms with Crippen molar-refractivity contribution in [2.75, 3.05) is 13.2 Å². The predicted octanol–water partition coefficient (Wildman–Crippen LogP) is 0.748. The molecule has 0 aliphatic heterocycles. The van der Waals surface area contributed by atoms with Gasteiger partial charge >= 0.3 is 11.9 Å². The normalized spacial score (nSPS) is 9.48. The van der Waals surface area contributed by atoms with Crippen molar-refractivity contribution in [3.8, 4) is 0 Å². The molecule has 7 heteroatoms. The molecule has 0 atom stereocenters. The summed E-state index contributed by atoms with van der Waals surface area (Å²) in [6.07, 6.45) is 0.179. The third kappa shape index (κ3) is 9.39. The number of esters is 2. The maximum absolute atomic E-state index is 11.1. The third-order valence-corrected chi connectivity index (χ3v) is 2.43. The number of carboxylic acids is 1. The average Bonchev–Trinajstić information content (AvgIpc) is 2.35. The van der Waals surface area contributed by atoms with E-state index in [4.69, 9.17) is 9.47 Å². The maximum atomic E-state index is 11.1. The van der Waals surface area contributed by atoms with Gasteiger partial charge in [-0.25, -0.2) is 9.59 Å². The summed E-state index contributed by atoms with van der Waals surface area (Å²) in [6, 6.07) is 0. The maximum Gasteiger partial charge on any atom is 0.333 e. The summed E-state index contributed by atoms with van der Waals surface area (Å²) in [5.74, 6) is -3.28. The van der Waals surface area contributed by atoms with Gasteiger partial charge < -0.3 is 25.5 Å². The van der Waals surface area contributed by atoms with Gasteiger partial charge in [0.1, 0.15) is 0 Å². The van der Waals surface area contributed by atoms with Crippen LogP contribution >= 0.6 is 0 Å². The number of rotatable bonds is 9. The number of aliphatic carboxylic acids is 1. The first-order chi connectivity index (χ1) is 9.25. The van der Waals surface area contributed by atoms with Gasteiger partial charge in [0.25, 0.3) is 0 Å². The molecule has 0 aliphatic rings. The molecule has 0 spiro atoms. The van der Waals surface area contributed by atoms with Crippen molar-refractivity contribution < 1.29 is 29.0 Å². The summed E-state index contributed by atoms with van der Waals surface area (Å²) in [5.41, 5.74) is 0.482. The van der Waals surface area contributed by atoms with Gasteiger partial charge in [0, 0.05) is 23.0 Å². The minimum absolute atomic E-state index is 0. The van der Waals surface area contributed by atoms with E-state index in [1.807, 2.05) is 0 Å². The fraction of sp³-hybridized carbons (Fsp3) is 0.500. The smallest absolute Gasteiger partial charge is 0.333 e. The van der Waals surface area contributed by atoms with Crippen LogP contribution in [-0.2, 0) is 23.9 Å². The van der Waals surface area contributed by atoms with Crippen LogP contribution in [0.15, 0.2) is 24.3 Å². The summed E-state index contributed by atoms with van der Waals surface area (Å²) in [4.78, 5) is 33.1. The molecule has 0 heterocycles. The Bertz CT molecular complexity index is 384. The van der Waals surface area contributed by atoms with E-state index in [1.165, 1.54) is 13.8 Å². The number of ether oxygens (including phenoxy) is 2. The van der Waals surface area contributed by atoms with Gasteiger partial charge in [-0.1, -0.05) is 13.2 Å². The Morgan fingerprint density at radius 2 is 1.29 bits per heavy atom. The molecule has 0 aliphatic carbocycles. The zero-order valence-corrected chi connectivity index (χ0v) is 12.8. The molecular weight excluding hydrogens is 278 g/mol. The van der Waals surface area contributed by atoms with Gasteiger partial charge in [-0.05, 0) is 26.7 Å². The SMILES string of the molecule is C=C(C)C(=O)OCCC(CCOC(=O)C(=C)C)C(=O)[O-].[NH4+]. The van der Waals surface area contributed by atoms with Crippen LogP contribution in [-0.4, -0.2) is 31.1 Å². The van der Waals surface area contributed by atoms with E-state index >= 15 is 0 Å². The highest BCUT2D eigenvalue weighted by molar-refractivity contribution is 5.87. The predicted molar refractivity (Wildman–Crippen MR) is 75.3 cm³/mol. The van der Waals surface area contributed by atoms with Crippen LogP contribution < -0.4 is 11.3 Å². The molecule has 7 nitrogen and oxygen atoms in total. The molecule has 0 unspecified atom stereocenters. The van der Waals surface area contributed by atoms with Crippen molar-refractivity contribution >= 4 is 17.9 Å². The standard InChI is InChI=1S/C14H20O6.H3N/c1-9(2)13(17)19-7-5-11(12(15)16)6-8-20-14(18)10(3)4;/h11H,1,3,5-8H2,2,4H3,(H,15,16);1H3. The van der Waals surface area contributed by atoms with Crippen LogP contribution in [0.4, 0.5) is 0 Å². The molecule has 0 fully saturated rings. The van der Waals surface area contributed by atoms with Gasteiger partial charge in [-0.3, -0.25) is 0 Å². The first-order valence-corrected chi connectivity index (χ1v) is 6.11. The topological polar surface area (TPSA) is 129 Å². The number of hydrogen-bond donors (Lipinski definition) is 1. The lowest BCUT2D eigenvalue weighted by molar-refractivity contribution is -0.312. The molecule has 120 valence electrons. The van der Waals surface area contributed by atoms with E-state index < -0.39 is 23.8 Å². The molecule has 0 aromatic heterocycles. The van der Waals surface area contributed by atoms with E-state index in [9.17, 15) is 19.5 Å². The highest BCUT2D eigenvalue weighted by Gasteiger charge is 2.13. The molecule has 0 saturated carbocycles. The first-order valence-electron chi connectivity index (χ1n) is 6.11. The molecule has 0 radical (unpaired) electrons. The zero-order chi connectivity index (χ0) is 15.7. The second-order valence-corrected chi connectivity index (χ2v) is 4.43. The monoisotopic (exact) mass is 301 g/mol. The Morgan fingerprint density at radius 3 is 1.52 bits per heavy atom. The van der Waals surface area contributed by atoms with Crippen LogP contribution in [0.25, 0.3) is 0 Å². The zero-order valence-electron chi connectivity index (χ0n) is 12.8. The fourth-order valence-electron chi connectivity index (χ4n) is 1.21. The van der Waals surface area contributed by atoms with Crippen LogP contribution in [0, 0.1) is 5.92 Å². The van der Waals surface area contributed by atoms with Crippen molar-refractivity contribution in [3.05, 3.63) is 24.3 Å². The van der Waals surface area contributed by atoms with E-state index in [1.54, 1.807) is 0 Å². The minimum atomic E-state index is -1.28. The molecule has 0 saturated heterocycles. The van der Waals surface area contributed by atoms with Crippen molar-refractivity contribution in [3.63, 3.8) is 0 Å². The minimum Gasteiger partial charge on any atom is -0.550 e. The van der Waals surface area contributed by atoms with Gasteiger partial charge in [0.05, 0.1) is 13.2 Å². The van der Waals surface area contributed by atoms with E-state index in [-0.39, 0.29) is 43.4 Å². The van der Waals surface area contributed by atoms with E-state index in [2.05, 4.69) is 13.2 Å². The summed E-state index contributed by atoms with van der Waals surface area (Å²) in [5, 5.41) is 10.9. The van der Waals surface area contributed by atoms with Crippen molar-refractivity contribution in [1.82, 2.24) is 6.15 Å². The third-order valence-electron chi connectivity index (χ3n) is 2.43. The summed E-state index contributed by atoms with van der Waals surface area (Å²) in [7, 11) is 0.